The summed E-state index contributed by atoms with van der Waals surface area (Å²) in [6.07, 6.45) is 3.70. The molecule has 1 aromatic heterocycles. The fraction of sp³-hybridized carbons (Fsp3) is 0.0714. The third kappa shape index (κ3) is 1.96. The summed E-state index contributed by atoms with van der Waals surface area (Å²) < 4.78 is 0. The van der Waals surface area contributed by atoms with Crippen molar-refractivity contribution in [2.45, 2.75) is 6.92 Å². The van der Waals surface area contributed by atoms with Crippen LogP contribution in [0.15, 0.2) is 49.2 Å². The van der Waals surface area contributed by atoms with E-state index >= 15 is 0 Å². The van der Waals surface area contributed by atoms with Crippen molar-refractivity contribution in [3.8, 4) is 11.3 Å². The smallest absolute Gasteiger partial charge is 0.0710 e. The molecule has 15 heavy (non-hydrogen) atoms. The molecule has 0 amide bonds. The topological polar surface area (TPSA) is 12.9 Å². The Bertz CT molecular complexity index is 486. The third-order valence-corrected chi connectivity index (χ3v) is 2.37. The lowest BCUT2D eigenvalue weighted by molar-refractivity contribution is 1.28. The van der Waals surface area contributed by atoms with Crippen molar-refractivity contribution in [2.75, 3.05) is 0 Å². The number of aryl methyl sites for hydroxylation is 1. The highest BCUT2D eigenvalue weighted by molar-refractivity contribution is 5.72. The van der Waals surface area contributed by atoms with Gasteiger partial charge in [-0.15, -0.1) is 0 Å². The SMILES string of the molecule is C=Cc1ccccc1-c1cc(C)ccn1. The number of aromatic nitrogens is 1. The lowest BCUT2D eigenvalue weighted by Crippen LogP contribution is -1.87. The Kier molecular flexibility index (Phi) is 2.64. The van der Waals surface area contributed by atoms with Crippen molar-refractivity contribution in [1.82, 2.24) is 4.98 Å². The molecular weight excluding hydrogens is 182 g/mol. The summed E-state index contributed by atoms with van der Waals surface area (Å²) in [5.74, 6) is 0. The van der Waals surface area contributed by atoms with Gasteiger partial charge in [0, 0.05) is 11.8 Å². The molecule has 0 aliphatic carbocycles. The van der Waals surface area contributed by atoms with E-state index in [0.717, 1.165) is 16.8 Å². The Labute approximate surface area is 90.1 Å². The van der Waals surface area contributed by atoms with Crippen LogP contribution in [0.3, 0.4) is 0 Å². The second-order valence-electron chi connectivity index (χ2n) is 3.51. The Hall–Kier alpha value is -1.89. The van der Waals surface area contributed by atoms with E-state index in [2.05, 4.69) is 30.6 Å². The van der Waals surface area contributed by atoms with Gasteiger partial charge in [0.15, 0.2) is 0 Å². The molecular formula is C14H13N. The van der Waals surface area contributed by atoms with Crippen LogP contribution in [0.1, 0.15) is 11.1 Å². The molecule has 0 radical (unpaired) electrons. The van der Waals surface area contributed by atoms with E-state index in [-0.39, 0.29) is 0 Å². The summed E-state index contributed by atoms with van der Waals surface area (Å²) in [7, 11) is 0. The number of benzene rings is 1. The van der Waals surface area contributed by atoms with E-state index in [1.54, 1.807) is 0 Å². The molecule has 1 heterocycles. The highest BCUT2D eigenvalue weighted by Crippen LogP contribution is 2.22. The van der Waals surface area contributed by atoms with Crippen molar-refractivity contribution in [2.24, 2.45) is 0 Å². The Morgan fingerprint density at radius 1 is 1.20 bits per heavy atom. The maximum Gasteiger partial charge on any atom is 0.0710 e. The number of nitrogens with zero attached hydrogens (tertiary/aromatic N) is 1. The van der Waals surface area contributed by atoms with E-state index in [1.807, 2.05) is 36.5 Å². The molecule has 74 valence electrons. The number of pyridine rings is 1. The van der Waals surface area contributed by atoms with Gasteiger partial charge in [0.25, 0.3) is 0 Å². The van der Waals surface area contributed by atoms with Gasteiger partial charge in [-0.25, -0.2) is 0 Å². The minimum atomic E-state index is 1.01. The second-order valence-corrected chi connectivity index (χ2v) is 3.51. The van der Waals surface area contributed by atoms with Crippen molar-refractivity contribution in [3.63, 3.8) is 0 Å². The molecule has 0 saturated carbocycles. The van der Waals surface area contributed by atoms with E-state index in [0.29, 0.717) is 0 Å². The molecule has 0 N–H and O–H groups in total. The fourth-order valence-electron chi connectivity index (χ4n) is 1.59. The standard InChI is InChI=1S/C14H13N/c1-3-12-6-4-5-7-13(12)14-10-11(2)8-9-15-14/h3-10H,1H2,2H3. The van der Waals surface area contributed by atoms with Gasteiger partial charge in [-0.1, -0.05) is 36.9 Å². The molecule has 0 spiro atoms. The first kappa shape index (κ1) is 9.66. The highest BCUT2D eigenvalue weighted by atomic mass is 14.7. The normalized spacial score (nSPS) is 9.93. The lowest BCUT2D eigenvalue weighted by Gasteiger charge is -2.05. The van der Waals surface area contributed by atoms with Crippen molar-refractivity contribution >= 4 is 6.08 Å². The summed E-state index contributed by atoms with van der Waals surface area (Å²) in [4.78, 5) is 4.37. The van der Waals surface area contributed by atoms with E-state index in [9.17, 15) is 0 Å². The molecule has 1 aromatic carbocycles. The summed E-state index contributed by atoms with van der Waals surface area (Å²) >= 11 is 0. The van der Waals surface area contributed by atoms with Gasteiger partial charge < -0.3 is 0 Å². The lowest BCUT2D eigenvalue weighted by atomic mass is 10.0. The number of hydrogen-bond donors (Lipinski definition) is 0. The van der Waals surface area contributed by atoms with Crippen LogP contribution in [0, 0.1) is 6.92 Å². The summed E-state index contributed by atoms with van der Waals surface area (Å²) in [5, 5.41) is 0. The number of rotatable bonds is 2. The predicted octanol–water partition coefficient (Wildman–Crippen LogP) is 3.70. The molecule has 0 unspecified atom stereocenters. The van der Waals surface area contributed by atoms with E-state index in [4.69, 9.17) is 0 Å². The average Bonchev–Trinajstić information content (AvgIpc) is 2.29. The Balaban J connectivity index is 2.58. The molecule has 0 aliphatic rings. The zero-order chi connectivity index (χ0) is 10.7. The van der Waals surface area contributed by atoms with Crippen LogP contribution in [-0.4, -0.2) is 4.98 Å². The van der Waals surface area contributed by atoms with Crippen molar-refractivity contribution in [3.05, 3.63) is 60.3 Å². The van der Waals surface area contributed by atoms with Crippen molar-refractivity contribution < 1.29 is 0 Å². The highest BCUT2D eigenvalue weighted by Gasteiger charge is 2.02. The quantitative estimate of drug-likeness (QED) is 0.712. The molecule has 0 saturated heterocycles. The van der Waals surface area contributed by atoms with Crippen LogP contribution in [0.5, 0.6) is 0 Å². The first-order chi connectivity index (χ1) is 7.31. The molecule has 2 aromatic rings. The van der Waals surface area contributed by atoms with Crippen LogP contribution in [0.2, 0.25) is 0 Å². The van der Waals surface area contributed by atoms with Gasteiger partial charge in [-0.3, -0.25) is 4.98 Å². The average molecular weight is 195 g/mol. The van der Waals surface area contributed by atoms with Crippen LogP contribution in [-0.2, 0) is 0 Å². The monoisotopic (exact) mass is 195 g/mol. The van der Waals surface area contributed by atoms with Crippen molar-refractivity contribution in [1.29, 1.82) is 0 Å². The van der Waals surface area contributed by atoms with Crippen LogP contribution in [0.25, 0.3) is 17.3 Å². The molecule has 2 rings (SSSR count). The van der Waals surface area contributed by atoms with Crippen LogP contribution < -0.4 is 0 Å². The van der Waals surface area contributed by atoms with E-state index < -0.39 is 0 Å². The predicted molar refractivity (Wildman–Crippen MR) is 64.5 cm³/mol. The Morgan fingerprint density at radius 2 is 2.00 bits per heavy atom. The largest absolute Gasteiger partial charge is 0.256 e. The first-order valence-corrected chi connectivity index (χ1v) is 4.96. The summed E-state index contributed by atoms with van der Waals surface area (Å²) in [5.41, 5.74) is 4.48. The van der Waals surface area contributed by atoms with Gasteiger partial charge in [0.2, 0.25) is 0 Å². The van der Waals surface area contributed by atoms with Gasteiger partial charge in [0.05, 0.1) is 5.69 Å². The molecule has 1 nitrogen and oxygen atoms in total. The zero-order valence-corrected chi connectivity index (χ0v) is 8.77. The second kappa shape index (κ2) is 4.09. The zero-order valence-electron chi connectivity index (χ0n) is 8.77. The third-order valence-electron chi connectivity index (χ3n) is 2.37. The first-order valence-electron chi connectivity index (χ1n) is 4.96. The summed E-state index contributed by atoms with van der Waals surface area (Å²) in [6.45, 7) is 5.88. The minimum absolute atomic E-state index is 1.01. The van der Waals surface area contributed by atoms with E-state index in [1.165, 1.54) is 5.56 Å². The fourth-order valence-corrected chi connectivity index (χ4v) is 1.59. The molecule has 0 bridgehead atoms. The van der Waals surface area contributed by atoms with Gasteiger partial charge >= 0.3 is 0 Å². The maximum absolute atomic E-state index is 4.37. The summed E-state index contributed by atoms with van der Waals surface area (Å²) in [6, 6.07) is 12.2. The molecule has 0 aliphatic heterocycles. The minimum Gasteiger partial charge on any atom is -0.256 e. The Morgan fingerprint density at radius 3 is 2.73 bits per heavy atom. The van der Waals surface area contributed by atoms with Gasteiger partial charge in [-0.05, 0) is 30.2 Å². The molecule has 0 fully saturated rings. The maximum atomic E-state index is 4.37. The molecule has 0 atom stereocenters. The van der Waals surface area contributed by atoms with Crippen LogP contribution >= 0.6 is 0 Å². The number of hydrogen-bond acceptors (Lipinski definition) is 1. The molecule has 1 heteroatoms. The van der Waals surface area contributed by atoms with Gasteiger partial charge in [-0.2, -0.15) is 0 Å². The van der Waals surface area contributed by atoms with Crippen LogP contribution in [0.4, 0.5) is 0 Å². The van der Waals surface area contributed by atoms with Gasteiger partial charge in [0.1, 0.15) is 0 Å².